The maximum absolute atomic E-state index is 6.44. The summed E-state index contributed by atoms with van der Waals surface area (Å²) in [6.07, 6.45) is 11.3. The molecule has 1 aromatic heterocycles. The van der Waals surface area contributed by atoms with Crippen molar-refractivity contribution in [3.63, 3.8) is 0 Å². The molecule has 1 saturated heterocycles. The normalized spacial score (nSPS) is 25.4. The standard InChI is InChI=1S/C16H27N3O/c1-2-17-12-14-7-11-18-19(14)13-15-6-10-16(20-15)8-4-3-5-9-16/h7,11,15,17H,2-6,8-10,12-13H2,1H3. The highest BCUT2D eigenvalue weighted by molar-refractivity contribution is 5.01. The van der Waals surface area contributed by atoms with Gasteiger partial charge in [0.25, 0.3) is 0 Å². The Balaban J connectivity index is 1.57. The van der Waals surface area contributed by atoms with Gasteiger partial charge < -0.3 is 10.1 Å². The molecule has 4 heteroatoms. The van der Waals surface area contributed by atoms with E-state index in [9.17, 15) is 0 Å². The van der Waals surface area contributed by atoms with Gasteiger partial charge in [-0.1, -0.05) is 26.2 Å². The molecule has 2 fully saturated rings. The van der Waals surface area contributed by atoms with Crippen molar-refractivity contribution >= 4 is 0 Å². The molecule has 0 bridgehead atoms. The van der Waals surface area contributed by atoms with Gasteiger partial charge >= 0.3 is 0 Å². The SMILES string of the molecule is CCNCc1ccnn1CC1CCC2(CCCCC2)O1. The molecule has 1 unspecified atom stereocenters. The minimum absolute atomic E-state index is 0.220. The third-order valence-electron chi connectivity index (χ3n) is 4.84. The fourth-order valence-electron chi connectivity index (χ4n) is 3.71. The predicted octanol–water partition coefficient (Wildman–Crippen LogP) is 2.87. The van der Waals surface area contributed by atoms with E-state index >= 15 is 0 Å². The number of aromatic nitrogens is 2. The van der Waals surface area contributed by atoms with Crippen LogP contribution in [0.2, 0.25) is 0 Å². The van der Waals surface area contributed by atoms with Crippen molar-refractivity contribution in [3.8, 4) is 0 Å². The molecule has 4 nitrogen and oxygen atoms in total. The van der Waals surface area contributed by atoms with E-state index in [-0.39, 0.29) is 5.60 Å². The van der Waals surface area contributed by atoms with Gasteiger partial charge in [0, 0.05) is 12.7 Å². The Bertz CT molecular complexity index is 423. The molecule has 2 aliphatic rings. The molecule has 0 aromatic carbocycles. The highest BCUT2D eigenvalue weighted by atomic mass is 16.5. The van der Waals surface area contributed by atoms with E-state index < -0.39 is 0 Å². The largest absolute Gasteiger partial charge is 0.370 e. The van der Waals surface area contributed by atoms with E-state index in [1.165, 1.54) is 50.6 Å². The van der Waals surface area contributed by atoms with E-state index in [0.29, 0.717) is 6.10 Å². The van der Waals surface area contributed by atoms with Gasteiger partial charge in [-0.15, -0.1) is 0 Å². The summed E-state index contributed by atoms with van der Waals surface area (Å²) in [6, 6.07) is 2.11. The van der Waals surface area contributed by atoms with Crippen LogP contribution in [0.1, 0.15) is 57.6 Å². The lowest BCUT2D eigenvalue weighted by atomic mass is 9.83. The molecule has 1 N–H and O–H groups in total. The third-order valence-corrected chi connectivity index (χ3v) is 4.84. The van der Waals surface area contributed by atoms with Crippen LogP contribution in [0.4, 0.5) is 0 Å². The monoisotopic (exact) mass is 277 g/mol. The molecule has 0 radical (unpaired) electrons. The molecular weight excluding hydrogens is 250 g/mol. The van der Waals surface area contributed by atoms with Gasteiger partial charge in [-0.2, -0.15) is 5.10 Å². The maximum atomic E-state index is 6.44. The first-order valence-electron chi connectivity index (χ1n) is 8.20. The minimum atomic E-state index is 0.220. The van der Waals surface area contributed by atoms with Crippen LogP contribution in [-0.2, 0) is 17.8 Å². The lowest BCUT2D eigenvalue weighted by Crippen LogP contribution is -2.32. The average molecular weight is 277 g/mol. The number of rotatable bonds is 5. The number of hydrogen-bond donors (Lipinski definition) is 1. The van der Waals surface area contributed by atoms with Crippen molar-refractivity contribution in [2.24, 2.45) is 0 Å². The van der Waals surface area contributed by atoms with Crippen LogP contribution in [0, 0.1) is 0 Å². The van der Waals surface area contributed by atoms with Gasteiger partial charge in [0.05, 0.1) is 23.9 Å². The molecule has 2 heterocycles. The van der Waals surface area contributed by atoms with E-state index in [4.69, 9.17) is 4.74 Å². The Morgan fingerprint density at radius 1 is 1.35 bits per heavy atom. The van der Waals surface area contributed by atoms with Crippen molar-refractivity contribution in [3.05, 3.63) is 18.0 Å². The first-order chi connectivity index (χ1) is 9.81. The molecule has 112 valence electrons. The topological polar surface area (TPSA) is 39.1 Å². The number of ether oxygens (including phenoxy) is 1. The highest BCUT2D eigenvalue weighted by Crippen LogP contribution is 2.42. The van der Waals surface area contributed by atoms with Crippen LogP contribution in [-0.4, -0.2) is 28.0 Å². The summed E-state index contributed by atoms with van der Waals surface area (Å²) >= 11 is 0. The second-order valence-electron chi connectivity index (χ2n) is 6.31. The number of nitrogens with zero attached hydrogens (tertiary/aromatic N) is 2. The summed E-state index contributed by atoms with van der Waals surface area (Å²) in [5.74, 6) is 0. The van der Waals surface area contributed by atoms with Crippen LogP contribution in [0.15, 0.2) is 12.3 Å². The van der Waals surface area contributed by atoms with Crippen LogP contribution in [0.25, 0.3) is 0 Å². The summed E-state index contributed by atoms with van der Waals surface area (Å²) < 4.78 is 8.56. The van der Waals surface area contributed by atoms with Gasteiger partial charge in [0.15, 0.2) is 0 Å². The summed E-state index contributed by atoms with van der Waals surface area (Å²) in [5.41, 5.74) is 1.48. The van der Waals surface area contributed by atoms with Crippen molar-refractivity contribution in [2.75, 3.05) is 6.54 Å². The van der Waals surface area contributed by atoms with Gasteiger partial charge in [-0.25, -0.2) is 0 Å². The van der Waals surface area contributed by atoms with Crippen LogP contribution >= 0.6 is 0 Å². The van der Waals surface area contributed by atoms with Crippen molar-refractivity contribution in [1.82, 2.24) is 15.1 Å². The minimum Gasteiger partial charge on any atom is -0.370 e. The smallest absolute Gasteiger partial charge is 0.0779 e. The molecule has 1 aliphatic heterocycles. The fourth-order valence-corrected chi connectivity index (χ4v) is 3.71. The zero-order chi connectivity index (χ0) is 13.8. The molecule has 3 rings (SSSR count). The summed E-state index contributed by atoms with van der Waals surface area (Å²) in [7, 11) is 0. The van der Waals surface area contributed by atoms with E-state index in [2.05, 4.69) is 28.1 Å². The molecular formula is C16H27N3O. The summed E-state index contributed by atoms with van der Waals surface area (Å²) in [4.78, 5) is 0. The molecule has 1 aromatic rings. The van der Waals surface area contributed by atoms with Crippen molar-refractivity contribution in [2.45, 2.75) is 76.7 Å². The molecule has 1 atom stereocenters. The second kappa shape index (κ2) is 6.27. The van der Waals surface area contributed by atoms with E-state index in [1.807, 2.05) is 6.20 Å². The van der Waals surface area contributed by atoms with Gasteiger partial charge in [-0.05, 0) is 38.3 Å². The molecule has 20 heavy (non-hydrogen) atoms. The van der Waals surface area contributed by atoms with Gasteiger partial charge in [0.1, 0.15) is 0 Å². The van der Waals surface area contributed by atoms with Crippen LogP contribution < -0.4 is 5.32 Å². The Labute approximate surface area is 121 Å². The highest BCUT2D eigenvalue weighted by Gasteiger charge is 2.40. The second-order valence-corrected chi connectivity index (χ2v) is 6.31. The lowest BCUT2D eigenvalue weighted by Gasteiger charge is -2.33. The zero-order valence-corrected chi connectivity index (χ0v) is 12.6. The summed E-state index contributed by atoms with van der Waals surface area (Å²) in [6.45, 7) is 4.94. The number of nitrogens with one attached hydrogen (secondary N) is 1. The molecule has 1 spiro atoms. The Hall–Kier alpha value is -0.870. The van der Waals surface area contributed by atoms with Crippen molar-refractivity contribution in [1.29, 1.82) is 0 Å². The molecule has 0 amide bonds. The van der Waals surface area contributed by atoms with E-state index in [1.54, 1.807) is 0 Å². The number of hydrogen-bond acceptors (Lipinski definition) is 3. The van der Waals surface area contributed by atoms with Crippen LogP contribution in [0.5, 0.6) is 0 Å². The Kier molecular flexibility index (Phi) is 4.41. The zero-order valence-electron chi connectivity index (χ0n) is 12.6. The Morgan fingerprint density at radius 2 is 2.20 bits per heavy atom. The maximum Gasteiger partial charge on any atom is 0.0779 e. The molecule has 1 aliphatic carbocycles. The van der Waals surface area contributed by atoms with Crippen LogP contribution in [0.3, 0.4) is 0 Å². The fraction of sp³-hybridized carbons (Fsp3) is 0.812. The molecule has 1 saturated carbocycles. The third kappa shape index (κ3) is 3.07. The quantitative estimate of drug-likeness (QED) is 0.899. The predicted molar refractivity (Wildman–Crippen MR) is 79.5 cm³/mol. The van der Waals surface area contributed by atoms with Gasteiger partial charge in [0.2, 0.25) is 0 Å². The van der Waals surface area contributed by atoms with Crippen molar-refractivity contribution < 1.29 is 4.74 Å². The van der Waals surface area contributed by atoms with Gasteiger partial charge in [-0.3, -0.25) is 4.68 Å². The first kappa shape index (κ1) is 14.1. The lowest BCUT2D eigenvalue weighted by molar-refractivity contribution is -0.0690. The summed E-state index contributed by atoms with van der Waals surface area (Å²) in [5, 5.41) is 7.83. The average Bonchev–Trinajstić information content (AvgIpc) is 3.06. The first-order valence-corrected chi connectivity index (χ1v) is 8.20. The van der Waals surface area contributed by atoms with E-state index in [0.717, 1.165) is 19.6 Å². The Morgan fingerprint density at radius 3 is 3.00 bits per heavy atom.